The molecule has 4 nitrogen and oxygen atoms in total. The number of methoxy groups -OCH3 is 1. The molecule has 0 unspecified atom stereocenters. The van der Waals surface area contributed by atoms with Gasteiger partial charge in [-0.15, -0.1) is 0 Å². The number of benzene rings is 2. The molecule has 4 heteroatoms. The predicted molar refractivity (Wildman–Crippen MR) is 82.8 cm³/mol. The third-order valence-electron chi connectivity index (χ3n) is 3.30. The molecule has 1 amide bonds. The second-order valence-electron chi connectivity index (χ2n) is 4.79. The van der Waals surface area contributed by atoms with Crippen LogP contribution in [-0.4, -0.2) is 24.7 Å². The van der Waals surface area contributed by atoms with Crippen molar-refractivity contribution in [2.24, 2.45) is 0 Å². The van der Waals surface area contributed by atoms with E-state index in [1.54, 1.807) is 43.2 Å². The van der Waals surface area contributed by atoms with E-state index in [1.807, 2.05) is 24.3 Å². The highest BCUT2D eigenvalue weighted by atomic mass is 16.5. The highest BCUT2D eigenvalue weighted by Gasteiger charge is 2.11. The van der Waals surface area contributed by atoms with Crippen LogP contribution in [0.2, 0.25) is 0 Å². The third kappa shape index (κ3) is 3.99. The van der Waals surface area contributed by atoms with Gasteiger partial charge in [-0.1, -0.05) is 12.1 Å². The lowest BCUT2D eigenvalue weighted by Crippen LogP contribution is -2.30. The number of rotatable bonds is 5. The first kappa shape index (κ1) is 14.9. The van der Waals surface area contributed by atoms with Crippen molar-refractivity contribution in [1.29, 1.82) is 0 Å². The maximum atomic E-state index is 11.8. The van der Waals surface area contributed by atoms with E-state index in [2.05, 4.69) is 0 Å². The number of phenolic OH excluding ortho intramolecular Hbond substituents is 1. The Morgan fingerprint density at radius 3 is 2.52 bits per heavy atom. The topological polar surface area (TPSA) is 49.8 Å². The van der Waals surface area contributed by atoms with Crippen molar-refractivity contribution in [1.82, 2.24) is 0 Å². The Balaban J connectivity index is 2.10. The fraction of sp³-hybridized carbons (Fsp3) is 0.235. The highest BCUT2D eigenvalue weighted by molar-refractivity contribution is 5.91. The fourth-order valence-electron chi connectivity index (χ4n) is 2.17. The summed E-state index contributed by atoms with van der Waals surface area (Å²) in [7, 11) is 1.64. The molecule has 0 aliphatic heterocycles. The van der Waals surface area contributed by atoms with Crippen LogP contribution in [0, 0.1) is 0 Å². The standard InChI is InChI=1S/C17H19NO3/c1-13(19)18(15-6-8-16(20)9-7-15)11-10-14-4-3-5-17(12-14)21-2/h3-9,12,20H,10-11H2,1-2H3. The van der Waals surface area contributed by atoms with Gasteiger partial charge in [0.15, 0.2) is 0 Å². The van der Waals surface area contributed by atoms with Crippen molar-refractivity contribution in [3.63, 3.8) is 0 Å². The quantitative estimate of drug-likeness (QED) is 0.918. The van der Waals surface area contributed by atoms with Crippen LogP contribution in [0.4, 0.5) is 5.69 Å². The fourth-order valence-corrected chi connectivity index (χ4v) is 2.17. The zero-order chi connectivity index (χ0) is 15.2. The minimum absolute atomic E-state index is 0.0245. The van der Waals surface area contributed by atoms with Gasteiger partial charge in [0.1, 0.15) is 11.5 Å². The van der Waals surface area contributed by atoms with Gasteiger partial charge in [-0.2, -0.15) is 0 Å². The molecule has 2 rings (SSSR count). The summed E-state index contributed by atoms with van der Waals surface area (Å²) in [5.41, 5.74) is 1.89. The first-order chi connectivity index (χ1) is 10.1. The van der Waals surface area contributed by atoms with Crippen molar-refractivity contribution in [3.05, 3.63) is 54.1 Å². The van der Waals surface area contributed by atoms with Gasteiger partial charge in [-0.3, -0.25) is 4.79 Å². The number of nitrogens with zero attached hydrogens (tertiary/aromatic N) is 1. The Morgan fingerprint density at radius 2 is 1.90 bits per heavy atom. The molecule has 110 valence electrons. The zero-order valence-electron chi connectivity index (χ0n) is 12.2. The summed E-state index contributed by atoms with van der Waals surface area (Å²) in [6.07, 6.45) is 0.734. The second-order valence-corrected chi connectivity index (χ2v) is 4.79. The van der Waals surface area contributed by atoms with Gasteiger partial charge in [0.25, 0.3) is 0 Å². The van der Waals surface area contributed by atoms with Crippen molar-refractivity contribution in [2.75, 3.05) is 18.6 Å². The van der Waals surface area contributed by atoms with Crippen LogP contribution < -0.4 is 9.64 Å². The molecule has 0 saturated heterocycles. The van der Waals surface area contributed by atoms with Crippen LogP contribution >= 0.6 is 0 Å². The molecular formula is C17H19NO3. The Bertz CT molecular complexity index is 608. The normalized spacial score (nSPS) is 10.2. The van der Waals surface area contributed by atoms with E-state index >= 15 is 0 Å². The summed E-state index contributed by atoms with van der Waals surface area (Å²) in [6.45, 7) is 2.12. The van der Waals surface area contributed by atoms with Gasteiger partial charge >= 0.3 is 0 Å². The van der Waals surface area contributed by atoms with E-state index in [9.17, 15) is 9.90 Å². The van der Waals surface area contributed by atoms with E-state index in [1.165, 1.54) is 0 Å². The third-order valence-corrected chi connectivity index (χ3v) is 3.30. The maximum Gasteiger partial charge on any atom is 0.223 e. The molecule has 0 spiro atoms. The van der Waals surface area contributed by atoms with Crippen molar-refractivity contribution in [2.45, 2.75) is 13.3 Å². The Morgan fingerprint density at radius 1 is 1.19 bits per heavy atom. The Kier molecular flexibility index (Phi) is 4.82. The van der Waals surface area contributed by atoms with Crippen molar-refractivity contribution < 1.29 is 14.6 Å². The van der Waals surface area contributed by atoms with Crippen LogP contribution in [0.3, 0.4) is 0 Å². The monoisotopic (exact) mass is 285 g/mol. The van der Waals surface area contributed by atoms with Crippen LogP contribution in [0.1, 0.15) is 12.5 Å². The van der Waals surface area contributed by atoms with Crippen LogP contribution in [0.5, 0.6) is 11.5 Å². The summed E-state index contributed by atoms with van der Waals surface area (Å²) in [4.78, 5) is 13.5. The van der Waals surface area contributed by atoms with E-state index in [0.29, 0.717) is 6.54 Å². The zero-order valence-corrected chi connectivity index (χ0v) is 12.2. The van der Waals surface area contributed by atoms with Gasteiger partial charge in [0, 0.05) is 19.2 Å². The SMILES string of the molecule is COc1cccc(CCN(C(C)=O)c2ccc(O)cc2)c1. The molecule has 0 heterocycles. The molecule has 21 heavy (non-hydrogen) atoms. The number of carbonyl (C=O) groups is 1. The van der Waals surface area contributed by atoms with Gasteiger partial charge in [-0.05, 0) is 48.4 Å². The molecule has 2 aromatic rings. The summed E-state index contributed by atoms with van der Waals surface area (Å²) in [5, 5.41) is 9.33. The van der Waals surface area contributed by atoms with Crippen LogP contribution in [0.25, 0.3) is 0 Å². The molecule has 0 aromatic heterocycles. The lowest BCUT2D eigenvalue weighted by molar-refractivity contribution is -0.116. The maximum absolute atomic E-state index is 11.8. The van der Waals surface area contributed by atoms with E-state index in [4.69, 9.17) is 4.74 Å². The van der Waals surface area contributed by atoms with Crippen molar-refractivity contribution >= 4 is 11.6 Å². The summed E-state index contributed by atoms with van der Waals surface area (Å²) in [6, 6.07) is 14.4. The molecule has 0 aliphatic rings. The molecule has 1 N–H and O–H groups in total. The number of hydrogen-bond acceptors (Lipinski definition) is 3. The van der Waals surface area contributed by atoms with E-state index in [-0.39, 0.29) is 11.7 Å². The number of anilines is 1. The van der Waals surface area contributed by atoms with E-state index < -0.39 is 0 Å². The molecule has 0 radical (unpaired) electrons. The Labute approximate surface area is 124 Å². The number of ether oxygens (including phenoxy) is 1. The number of amides is 1. The number of carbonyl (C=O) groups excluding carboxylic acids is 1. The number of phenols is 1. The highest BCUT2D eigenvalue weighted by Crippen LogP contribution is 2.20. The molecule has 0 bridgehead atoms. The number of hydrogen-bond donors (Lipinski definition) is 1. The van der Waals surface area contributed by atoms with Crippen molar-refractivity contribution in [3.8, 4) is 11.5 Å². The van der Waals surface area contributed by atoms with Crippen LogP contribution in [-0.2, 0) is 11.2 Å². The lowest BCUT2D eigenvalue weighted by Gasteiger charge is -2.21. The minimum Gasteiger partial charge on any atom is -0.508 e. The van der Waals surface area contributed by atoms with Gasteiger partial charge in [-0.25, -0.2) is 0 Å². The minimum atomic E-state index is -0.0245. The number of aromatic hydroxyl groups is 1. The molecule has 0 atom stereocenters. The summed E-state index contributed by atoms with van der Waals surface area (Å²) in [5.74, 6) is 0.977. The van der Waals surface area contributed by atoms with E-state index in [0.717, 1.165) is 23.4 Å². The summed E-state index contributed by atoms with van der Waals surface area (Å²) < 4.78 is 5.20. The average molecular weight is 285 g/mol. The predicted octanol–water partition coefficient (Wildman–Crippen LogP) is 3.00. The smallest absolute Gasteiger partial charge is 0.223 e. The first-order valence-electron chi connectivity index (χ1n) is 6.80. The summed E-state index contributed by atoms with van der Waals surface area (Å²) >= 11 is 0. The first-order valence-corrected chi connectivity index (χ1v) is 6.80. The molecule has 0 aliphatic carbocycles. The lowest BCUT2D eigenvalue weighted by atomic mass is 10.1. The average Bonchev–Trinajstić information content (AvgIpc) is 2.49. The van der Waals surface area contributed by atoms with Crippen LogP contribution in [0.15, 0.2) is 48.5 Å². The molecule has 0 saturated carbocycles. The Hall–Kier alpha value is -2.49. The largest absolute Gasteiger partial charge is 0.508 e. The van der Waals surface area contributed by atoms with Gasteiger partial charge < -0.3 is 14.7 Å². The molecule has 2 aromatic carbocycles. The molecule has 0 fully saturated rings. The second kappa shape index (κ2) is 6.79. The van der Waals surface area contributed by atoms with Gasteiger partial charge in [0.05, 0.1) is 7.11 Å². The van der Waals surface area contributed by atoms with Gasteiger partial charge in [0.2, 0.25) is 5.91 Å². The molecular weight excluding hydrogens is 266 g/mol.